The number of aliphatic imine (C=N–C) groups is 1. The Kier molecular flexibility index (Phi) is 13.1. The van der Waals surface area contributed by atoms with E-state index >= 15 is 0 Å². The van der Waals surface area contributed by atoms with Crippen LogP contribution in [-0.2, 0) is 9.53 Å². The molecule has 0 fully saturated rings. The first-order valence-corrected chi connectivity index (χ1v) is 7.40. The van der Waals surface area contributed by atoms with Gasteiger partial charge in [-0.3, -0.25) is 9.79 Å². The Morgan fingerprint density at radius 1 is 1.33 bits per heavy atom. The van der Waals surface area contributed by atoms with Crippen molar-refractivity contribution in [1.29, 1.82) is 0 Å². The molecule has 126 valence electrons. The van der Waals surface area contributed by atoms with Crippen molar-refractivity contribution in [2.45, 2.75) is 59.9 Å². The maximum Gasteiger partial charge on any atom is 0.307 e. The van der Waals surface area contributed by atoms with Crippen molar-refractivity contribution >= 4 is 35.9 Å². The summed E-state index contributed by atoms with van der Waals surface area (Å²) in [5.41, 5.74) is 0.344. The van der Waals surface area contributed by atoms with Gasteiger partial charge in [0.2, 0.25) is 0 Å². The van der Waals surface area contributed by atoms with Crippen LogP contribution in [-0.4, -0.2) is 38.2 Å². The van der Waals surface area contributed by atoms with E-state index in [1.165, 1.54) is 7.11 Å². The zero-order valence-electron chi connectivity index (χ0n) is 14.3. The zero-order chi connectivity index (χ0) is 15.6. The molecule has 0 radical (unpaired) electrons. The molecule has 2 N–H and O–H groups in total. The highest BCUT2D eigenvalue weighted by atomic mass is 127. The summed E-state index contributed by atoms with van der Waals surface area (Å²) in [6.45, 7) is 12.2. The Bertz CT molecular complexity index is 315. The number of esters is 1. The first kappa shape index (κ1) is 22.7. The van der Waals surface area contributed by atoms with Gasteiger partial charge < -0.3 is 15.4 Å². The zero-order valence-corrected chi connectivity index (χ0v) is 16.6. The van der Waals surface area contributed by atoms with Crippen LogP contribution in [0.15, 0.2) is 4.99 Å². The minimum atomic E-state index is -0.231. The van der Waals surface area contributed by atoms with Gasteiger partial charge in [-0.25, -0.2) is 0 Å². The third kappa shape index (κ3) is 14.2. The van der Waals surface area contributed by atoms with Crippen molar-refractivity contribution in [3.8, 4) is 0 Å². The molecule has 0 saturated carbocycles. The number of nitrogens with zero attached hydrogens (tertiary/aromatic N) is 1. The molecule has 0 amide bonds. The molecule has 0 aliphatic heterocycles. The summed E-state index contributed by atoms with van der Waals surface area (Å²) in [4.78, 5) is 15.4. The fourth-order valence-electron chi connectivity index (χ4n) is 1.64. The highest BCUT2D eigenvalue weighted by Gasteiger charge is 2.13. The molecule has 0 spiro atoms. The number of halogens is 1. The van der Waals surface area contributed by atoms with Crippen LogP contribution in [0, 0.1) is 5.41 Å². The van der Waals surface area contributed by atoms with Gasteiger partial charge in [-0.15, -0.1) is 24.0 Å². The second-order valence-electron chi connectivity index (χ2n) is 6.23. The molecule has 0 bridgehead atoms. The first-order valence-electron chi connectivity index (χ1n) is 7.40. The summed E-state index contributed by atoms with van der Waals surface area (Å²) in [6, 6.07) is 0.352. The van der Waals surface area contributed by atoms with Crippen LogP contribution >= 0.6 is 24.0 Å². The van der Waals surface area contributed by atoms with E-state index in [1.807, 2.05) is 6.92 Å². The summed E-state index contributed by atoms with van der Waals surface area (Å²) in [6.07, 6.45) is 2.55. The number of rotatable bonds is 7. The fraction of sp³-hybridized carbons (Fsp3) is 0.867. The molecule has 6 heteroatoms. The average Bonchev–Trinajstić information content (AvgIpc) is 2.35. The minimum Gasteiger partial charge on any atom is -0.469 e. The highest BCUT2D eigenvalue weighted by Crippen LogP contribution is 2.21. The van der Waals surface area contributed by atoms with Crippen molar-refractivity contribution in [3.63, 3.8) is 0 Å². The number of guanidine groups is 1. The molecular weight excluding hydrogens is 381 g/mol. The minimum absolute atomic E-state index is 0. The molecule has 0 aromatic rings. The van der Waals surface area contributed by atoms with Crippen LogP contribution < -0.4 is 10.6 Å². The molecule has 5 nitrogen and oxygen atoms in total. The molecule has 0 aliphatic rings. The number of carbonyl (C=O) groups is 1. The molecule has 0 aromatic heterocycles. The quantitative estimate of drug-likeness (QED) is 0.292. The molecule has 1 atom stereocenters. The number of hydrogen-bond donors (Lipinski definition) is 2. The van der Waals surface area contributed by atoms with Gasteiger partial charge in [0.05, 0.1) is 20.1 Å². The van der Waals surface area contributed by atoms with Gasteiger partial charge in [-0.05, 0) is 32.1 Å². The molecule has 0 aliphatic carbocycles. The Labute approximate surface area is 146 Å². The van der Waals surface area contributed by atoms with E-state index in [0.717, 1.165) is 25.3 Å². The predicted octanol–water partition coefficient (Wildman–Crippen LogP) is 2.94. The molecular formula is C15H32IN3O2. The Morgan fingerprint density at radius 3 is 2.43 bits per heavy atom. The van der Waals surface area contributed by atoms with Crippen molar-refractivity contribution in [1.82, 2.24) is 10.6 Å². The number of ether oxygens (including phenoxy) is 1. The SMILES string of the molecule is CCNC(=NCCC(=O)OC)NC(C)CCC(C)(C)C.I. The van der Waals surface area contributed by atoms with E-state index in [4.69, 9.17) is 0 Å². The summed E-state index contributed by atoms with van der Waals surface area (Å²) in [7, 11) is 1.39. The second kappa shape index (κ2) is 12.1. The monoisotopic (exact) mass is 413 g/mol. The van der Waals surface area contributed by atoms with Crippen LogP contribution in [0.4, 0.5) is 0 Å². The van der Waals surface area contributed by atoms with E-state index in [9.17, 15) is 4.79 Å². The maximum absolute atomic E-state index is 11.1. The normalized spacial score (nSPS) is 13.1. The van der Waals surface area contributed by atoms with Crippen LogP contribution in [0.25, 0.3) is 0 Å². The predicted molar refractivity (Wildman–Crippen MR) is 99.3 cm³/mol. The molecule has 0 rings (SSSR count). The lowest BCUT2D eigenvalue weighted by Crippen LogP contribution is -2.42. The fourth-order valence-corrected chi connectivity index (χ4v) is 1.64. The summed E-state index contributed by atoms with van der Waals surface area (Å²) in [5, 5.41) is 6.56. The second-order valence-corrected chi connectivity index (χ2v) is 6.23. The standard InChI is InChI=1S/C15H31N3O2.HI/c1-7-16-14(17-11-9-13(19)20-6)18-12(2)8-10-15(3,4)5;/h12H,7-11H2,1-6H3,(H2,16,17,18);1H. The summed E-state index contributed by atoms with van der Waals surface area (Å²) >= 11 is 0. The summed E-state index contributed by atoms with van der Waals surface area (Å²) in [5.74, 6) is 0.531. The number of carbonyl (C=O) groups excluding carboxylic acids is 1. The molecule has 0 heterocycles. The highest BCUT2D eigenvalue weighted by molar-refractivity contribution is 14.0. The van der Waals surface area contributed by atoms with E-state index in [-0.39, 0.29) is 29.9 Å². The van der Waals surface area contributed by atoms with Crippen LogP contribution in [0.5, 0.6) is 0 Å². The molecule has 0 saturated heterocycles. The average molecular weight is 413 g/mol. The Balaban J connectivity index is 0. The van der Waals surface area contributed by atoms with Gasteiger partial charge in [0.25, 0.3) is 0 Å². The third-order valence-corrected chi connectivity index (χ3v) is 2.87. The number of nitrogens with one attached hydrogen (secondary N) is 2. The largest absolute Gasteiger partial charge is 0.469 e. The van der Waals surface area contributed by atoms with E-state index in [0.29, 0.717) is 24.4 Å². The van der Waals surface area contributed by atoms with Gasteiger partial charge >= 0.3 is 5.97 Å². The molecule has 1 unspecified atom stereocenters. The number of hydrogen-bond acceptors (Lipinski definition) is 3. The van der Waals surface area contributed by atoms with Gasteiger partial charge in [-0.2, -0.15) is 0 Å². The Hall–Kier alpha value is -0.530. The number of methoxy groups -OCH3 is 1. The molecule has 21 heavy (non-hydrogen) atoms. The van der Waals surface area contributed by atoms with Gasteiger partial charge in [0, 0.05) is 12.6 Å². The third-order valence-electron chi connectivity index (χ3n) is 2.87. The smallest absolute Gasteiger partial charge is 0.307 e. The van der Waals surface area contributed by atoms with Crippen molar-refractivity contribution in [2.75, 3.05) is 20.2 Å². The first-order chi connectivity index (χ1) is 9.28. The van der Waals surface area contributed by atoms with E-state index in [1.54, 1.807) is 0 Å². The Morgan fingerprint density at radius 2 is 1.95 bits per heavy atom. The van der Waals surface area contributed by atoms with Crippen LogP contribution in [0.3, 0.4) is 0 Å². The molecule has 0 aromatic carbocycles. The van der Waals surface area contributed by atoms with Crippen molar-refractivity contribution < 1.29 is 9.53 Å². The van der Waals surface area contributed by atoms with Crippen LogP contribution in [0.2, 0.25) is 0 Å². The maximum atomic E-state index is 11.1. The van der Waals surface area contributed by atoms with Crippen molar-refractivity contribution in [2.24, 2.45) is 10.4 Å². The lowest BCUT2D eigenvalue weighted by molar-refractivity contribution is -0.140. The summed E-state index contributed by atoms with van der Waals surface area (Å²) < 4.78 is 4.60. The van der Waals surface area contributed by atoms with Gasteiger partial charge in [-0.1, -0.05) is 20.8 Å². The van der Waals surface area contributed by atoms with Gasteiger partial charge in [0.1, 0.15) is 0 Å². The van der Waals surface area contributed by atoms with E-state index in [2.05, 4.69) is 48.1 Å². The lowest BCUT2D eigenvalue weighted by atomic mass is 9.89. The lowest BCUT2D eigenvalue weighted by Gasteiger charge is -2.23. The van der Waals surface area contributed by atoms with Crippen molar-refractivity contribution in [3.05, 3.63) is 0 Å². The van der Waals surface area contributed by atoms with Crippen LogP contribution in [0.1, 0.15) is 53.9 Å². The topological polar surface area (TPSA) is 62.7 Å². The van der Waals surface area contributed by atoms with Gasteiger partial charge in [0.15, 0.2) is 5.96 Å². The van der Waals surface area contributed by atoms with E-state index < -0.39 is 0 Å².